The first kappa shape index (κ1) is 11.5. The maximum atomic E-state index is 5.51. The number of hydrogen-bond donors (Lipinski definition) is 0. The highest BCUT2D eigenvalue weighted by molar-refractivity contribution is 6.36. The average molecular weight is 231 g/mol. The molecule has 0 aromatic carbocycles. The van der Waals surface area contributed by atoms with Crippen molar-refractivity contribution in [2.24, 2.45) is 5.92 Å². The number of rotatable bonds is 6. The molecule has 3 atom stereocenters. The van der Waals surface area contributed by atoms with Crippen LogP contribution in [0.4, 0.5) is 0 Å². The van der Waals surface area contributed by atoms with Gasteiger partial charge in [0.2, 0.25) is 0 Å². The van der Waals surface area contributed by atoms with Gasteiger partial charge < -0.3 is 18.0 Å². The molecule has 1 radical (unpaired) electrons. The Hall–Kier alpha value is 0.0569. The second-order valence-electron chi connectivity index (χ2n) is 4.19. The lowest BCUT2D eigenvalue weighted by atomic mass is 9.87. The highest BCUT2D eigenvalue weighted by atomic mass is 28.3. The van der Waals surface area contributed by atoms with Crippen LogP contribution in [0.1, 0.15) is 25.7 Å². The molecule has 5 heteroatoms. The standard InChI is InChI=1S/C10H19O4Si/c1-11-15(12-2)13-6-5-8-3-4-9-10(7-8)14-9/h8-10H,3-7H2,1-2H3. The van der Waals surface area contributed by atoms with Crippen LogP contribution >= 0.6 is 0 Å². The lowest BCUT2D eigenvalue weighted by Gasteiger charge is -2.19. The second kappa shape index (κ2) is 5.40. The van der Waals surface area contributed by atoms with E-state index in [0.29, 0.717) is 12.2 Å². The van der Waals surface area contributed by atoms with Crippen molar-refractivity contribution in [3.63, 3.8) is 0 Å². The zero-order valence-electron chi connectivity index (χ0n) is 9.40. The summed E-state index contributed by atoms with van der Waals surface area (Å²) in [6, 6.07) is 0. The zero-order valence-corrected chi connectivity index (χ0v) is 10.4. The Morgan fingerprint density at radius 1 is 1.20 bits per heavy atom. The summed E-state index contributed by atoms with van der Waals surface area (Å²) in [6.07, 6.45) is 6.01. The van der Waals surface area contributed by atoms with Crippen molar-refractivity contribution in [2.75, 3.05) is 20.8 Å². The first-order chi connectivity index (χ1) is 7.33. The molecule has 3 unspecified atom stereocenters. The van der Waals surface area contributed by atoms with Crippen molar-refractivity contribution < 1.29 is 18.0 Å². The van der Waals surface area contributed by atoms with E-state index in [1.165, 1.54) is 19.3 Å². The molecule has 0 spiro atoms. The van der Waals surface area contributed by atoms with E-state index in [9.17, 15) is 0 Å². The van der Waals surface area contributed by atoms with E-state index in [0.717, 1.165) is 18.9 Å². The molecule has 2 aliphatic rings. The minimum atomic E-state index is -1.46. The summed E-state index contributed by atoms with van der Waals surface area (Å²) in [4.78, 5) is 0. The SMILES string of the molecule is CO[Si](OC)OCCC1CCC2OC2C1. The van der Waals surface area contributed by atoms with Gasteiger partial charge in [-0.3, -0.25) is 0 Å². The smallest absolute Gasteiger partial charge is 0.375 e. The Morgan fingerprint density at radius 2 is 2.00 bits per heavy atom. The van der Waals surface area contributed by atoms with Crippen molar-refractivity contribution in [2.45, 2.75) is 37.9 Å². The van der Waals surface area contributed by atoms with Crippen LogP contribution in [0.3, 0.4) is 0 Å². The first-order valence-corrected chi connectivity index (χ1v) is 6.79. The van der Waals surface area contributed by atoms with Gasteiger partial charge in [0.25, 0.3) is 0 Å². The van der Waals surface area contributed by atoms with Gasteiger partial charge in [-0.05, 0) is 31.6 Å². The molecule has 1 aliphatic heterocycles. The molecule has 1 saturated carbocycles. The topological polar surface area (TPSA) is 40.2 Å². The summed E-state index contributed by atoms with van der Waals surface area (Å²) in [7, 11) is 1.79. The largest absolute Gasteiger partial charge is 0.577 e. The molecular formula is C10H19O4Si. The highest BCUT2D eigenvalue weighted by Gasteiger charge is 2.43. The molecule has 1 aliphatic carbocycles. The van der Waals surface area contributed by atoms with Crippen LogP contribution in [0, 0.1) is 5.92 Å². The maximum absolute atomic E-state index is 5.51. The van der Waals surface area contributed by atoms with E-state index in [2.05, 4.69) is 0 Å². The summed E-state index contributed by atoms with van der Waals surface area (Å²) in [5, 5.41) is 0. The van der Waals surface area contributed by atoms with Crippen LogP contribution in [0.25, 0.3) is 0 Å². The van der Waals surface area contributed by atoms with Gasteiger partial charge in [-0.1, -0.05) is 0 Å². The minimum absolute atomic E-state index is 0.568. The molecule has 1 heterocycles. The molecule has 1 saturated heterocycles. The quantitative estimate of drug-likeness (QED) is 0.509. The molecule has 0 aromatic rings. The summed E-state index contributed by atoms with van der Waals surface area (Å²) in [5.41, 5.74) is 0. The molecule has 87 valence electrons. The van der Waals surface area contributed by atoms with Gasteiger partial charge in [-0.15, -0.1) is 0 Å². The van der Waals surface area contributed by atoms with Crippen LogP contribution in [-0.4, -0.2) is 42.6 Å². The van der Waals surface area contributed by atoms with E-state index >= 15 is 0 Å². The average Bonchev–Trinajstić information content (AvgIpc) is 3.02. The number of hydrogen-bond acceptors (Lipinski definition) is 4. The Bertz CT molecular complexity index is 198. The zero-order chi connectivity index (χ0) is 10.7. The Labute approximate surface area is 92.8 Å². The molecule has 0 aromatic heterocycles. The Kier molecular flexibility index (Phi) is 4.16. The lowest BCUT2D eigenvalue weighted by molar-refractivity contribution is 0.124. The normalized spacial score (nSPS) is 34.2. The first-order valence-electron chi connectivity index (χ1n) is 5.56. The number of epoxide rings is 1. The van der Waals surface area contributed by atoms with Crippen molar-refractivity contribution in [1.29, 1.82) is 0 Å². The van der Waals surface area contributed by atoms with E-state index in [1.54, 1.807) is 14.2 Å². The monoisotopic (exact) mass is 231 g/mol. The van der Waals surface area contributed by atoms with Gasteiger partial charge in [-0.25, -0.2) is 0 Å². The van der Waals surface area contributed by atoms with Gasteiger partial charge in [0.1, 0.15) is 0 Å². The summed E-state index contributed by atoms with van der Waals surface area (Å²) >= 11 is 0. The number of fused-ring (bicyclic) bond motifs is 1. The van der Waals surface area contributed by atoms with Crippen LogP contribution < -0.4 is 0 Å². The third-order valence-corrected chi connectivity index (χ3v) is 4.30. The second-order valence-corrected chi connectivity index (χ2v) is 5.79. The third kappa shape index (κ3) is 3.25. The fourth-order valence-corrected chi connectivity index (χ4v) is 2.95. The van der Waals surface area contributed by atoms with Gasteiger partial charge in [-0.2, -0.15) is 0 Å². The molecular weight excluding hydrogens is 212 g/mol. The van der Waals surface area contributed by atoms with Gasteiger partial charge in [0, 0.05) is 20.8 Å². The Balaban J connectivity index is 1.57. The van der Waals surface area contributed by atoms with Crippen molar-refractivity contribution >= 4 is 9.53 Å². The molecule has 2 rings (SSSR count). The lowest BCUT2D eigenvalue weighted by Crippen LogP contribution is -2.25. The van der Waals surface area contributed by atoms with Crippen molar-refractivity contribution in [3.05, 3.63) is 0 Å². The maximum Gasteiger partial charge on any atom is 0.577 e. The van der Waals surface area contributed by atoms with Crippen molar-refractivity contribution in [1.82, 2.24) is 0 Å². The molecule has 0 amide bonds. The van der Waals surface area contributed by atoms with Crippen LogP contribution in [0.5, 0.6) is 0 Å². The predicted molar refractivity (Wildman–Crippen MR) is 56.3 cm³/mol. The Morgan fingerprint density at radius 3 is 2.67 bits per heavy atom. The summed E-state index contributed by atoms with van der Waals surface area (Å²) in [5.74, 6) is 0.769. The van der Waals surface area contributed by atoms with Crippen LogP contribution in [0.15, 0.2) is 0 Å². The minimum Gasteiger partial charge on any atom is -0.375 e. The van der Waals surface area contributed by atoms with Crippen molar-refractivity contribution in [3.8, 4) is 0 Å². The van der Waals surface area contributed by atoms with E-state index in [4.69, 9.17) is 18.0 Å². The van der Waals surface area contributed by atoms with E-state index < -0.39 is 9.53 Å². The molecule has 4 nitrogen and oxygen atoms in total. The molecule has 0 N–H and O–H groups in total. The highest BCUT2D eigenvalue weighted by Crippen LogP contribution is 2.40. The van der Waals surface area contributed by atoms with Gasteiger partial charge >= 0.3 is 9.53 Å². The predicted octanol–water partition coefficient (Wildman–Crippen LogP) is 1.24. The molecule has 15 heavy (non-hydrogen) atoms. The van der Waals surface area contributed by atoms with Crippen LogP contribution in [0.2, 0.25) is 0 Å². The fourth-order valence-electron chi connectivity index (χ4n) is 2.26. The van der Waals surface area contributed by atoms with Gasteiger partial charge in [0.05, 0.1) is 12.2 Å². The third-order valence-electron chi connectivity index (χ3n) is 3.19. The molecule has 2 fully saturated rings. The molecule has 0 bridgehead atoms. The fraction of sp³-hybridized carbons (Fsp3) is 1.00. The van der Waals surface area contributed by atoms with E-state index in [1.807, 2.05) is 0 Å². The summed E-state index contributed by atoms with van der Waals surface area (Å²) in [6.45, 7) is 0.748. The van der Waals surface area contributed by atoms with Crippen LogP contribution in [-0.2, 0) is 18.0 Å². The van der Waals surface area contributed by atoms with E-state index in [-0.39, 0.29) is 0 Å². The number of ether oxygens (including phenoxy) is 1. The van der Waals surface area contributed by atoms with Gasteiger partial charge in [0.15, 0.2) is 0 Å². The summed E-state index contributed by atoms with van der Waals surface area (Å²) < 4.78 is 21.1.